The van der Waals surface area contributed by atoms with E-state index < -0.39 is 17.9 Å². The Morgan fingerprint density at radius 2 is 1.16 bits per heavy atom. The van der Waals surface area contributed by atoms with Crippen molar-refractivity contribution in [3.8, 4) is 34.1 Å². The second kappa shape index (κ2) is 13.4. The van der Waals surface area contributed by atoms with Gasteiger partial charge in [0.1, 0.15) is 11.5 Å². The highest BCUT2D eigenvalue weighted by Gasteiger charge is 2.14. The standard InChI is InChI=1S/C30H26O8/c1-4-27(31)35-23-13-9-21(10-14-23)22-11-15-24(16-12-22)36-30(34)18-8-20-7-17-25(37-28(32)5-2)26(19-20)38-29(33)6-3/h5-7,9-17,19H,2-4,8,18H2,1H3. The Labute approximate surface area is 220 Å². The highest BCUT2D eigenvalue weighted by Crippen LogP contribution is 2.30. The fourth-order valence-corrected chi connectivity index (χ4v) is 3.24. The maximum absolute atomic E-state index is 12.4. The van der Waals surface area contributed by atoms with E-state index >= 15 is 0 Å². The maximum atomic E-state index is 12.4. The molecule has 0 saturated carbocycles. The number of hydrogen-bond donors (Lipinski definition) is 0. The predicted octanol–water partition coefficient (Wildman–Crippen LogP) is 5.39. The van der Waals surface area contributed by atoms with Gasteiger partial charge in [0.25, 0.3) is 0 Å². The summed E-state index contributed by atoms with van der Waals surface area (Å²) in [6.07, 6.45) is 2.61. The molecule has 8 heteroatoms. The number of carbonyl (C=O) groups excluding carboxylic acids is 4. The third-order valence-corrected chi connectivity index (χ3v) is 5.17. The molecule has 0 aliphatic heterocycles. The first-order valence-corrected chi connectivity index (χ1v) is 11.7. The van der Waals surface area contributed by atoms with Gasteiger partial charge in [-0.3, -0.25) is 9.59 Å². The van der Waals surface area contributed by atoms with Crippen molar-refractivity contribution in [2.24, 2.45) is 0 Å². The zero-order valence-corrected chi connectivity index (χ0v) is 20.8. The van der Waals surface area contributed by atoms with Crippen LogP contribution in [0.25, 0.3) is 11.1 Å². The fraction of sp³-hybridized carbons (Fsp3) is 0.133. The minimum Gasteiger partial charge on any atom is -0.427 e. The smallest absolute Gasteiger partial charge is 0.335 e. The number of rotatable bonds is 11. The van der Waals surface area contributed by atoms with Crippen molar-refractivity contribution in [2.75, 3.05) is 0 Å². The Morgan fingerprint density at radius 3 is 1.66 bits per heavy atom. The maximum Gasteiger partial charge on any atom is 0.335 e. The normalized spacial score (nSPS) is 10.1. The molecule has 3 aromatic carbocycles. The minimum atomic E-state index is -0.725. The molecule has 0 aromatic heterocycles. The van der Waals surface area contributed by atoms with Gasteiger partial charge < -0.3 is 18.9 Å². The topological polar surface area (TPSA) is 105 Å². The van der Waals surface area contributed by atoms with E-state index in [1.165, 1.54) is 12.1 Å². The average molecular weight is 515 g/mol. The molecule has 0 atom stereocenters. The van der Waals surface area contributed by atoms with Crippen molar-refractivity contribution in [2.45, 2.75) is 26.2 Å². The van der Waals surface area contributed by atoms with Gasteiger partial charge in [0.15, 0.2) is 11.5 Å². The van der Waals surface area contributed by atoms with Crippen molar-refractivity contribution >= 4 is 23.9 Å². The first-order valence-electron chi connectivity index (χ1n) is 11.7. The fourth-order valence-electron chi connectivity index (χ4n) is 3.24. The molecule has 3 aromatic rings. The van der Waals surface area contributed by atoms with Gasteiger partial charge in [0, 0.05) is 25.0 Å². The summed E-state index contributed by atoms with van der Waals surface area (Å²) in [6, 6.07) is 18.7. The second-order valence-electron chi connectivity index (χ2n) is 7.88. The van der Waals surface area contributed by atoms with E-state index in [-0.39, 0.29) is 23.9 Å². The van der Waals surface area contributed by atoms with Gasteiger partial charge in [-0.25, -0.2) is 9.59 Å². The molecular weight excluding hydrogens is 488 g/mol. The summed E-state index contributed by atoms with van der Waals surface area (Å²) in [6.45, 7) is 8.41. The third kappa shape index (κ3) is 8.03. The highest BCUT2D eigenvalue weighted by atomic mass is 16.6. The first-order chi connectivity index (χ1) is 18.3. The van der Waals surface area contributed by atoms with E-state index in [1.807, 2.05) is 24.3 Å². The lowest BCUT2D eigenvalue weighted by Crippen LogP contribution is -2.10. The van der Waals surface area contributed by atoms with Crippen LogP contribution >= 0.6 is 0 Å². The van der Waals surface area contributed by atoms with Gasteiger partial charge in [-0.05, 0) is 59.5 Å². The molecule has 0 saturated heterocycles. The summed E-state index contributed by atoms with van der Waals surface area (Å²) < 4.78 is 20.9. The molecule has 194 valence electrons. The van der Waals surface area contributed by atoms with Gasteiger partial charge in [0.05, 0.1) is 0 Å². The Hall–Kier alpha value is -4.98. The minimum absolute atomic E-state index is 0.0168. The molecule has 0 heterocycles. The summed E-state index contributed by atoms with van der Waals surface area (Å²) in [4.78, 5) is 47.0. The summed E-state index contributed by atoms with van der Waals surface area (Å²) in [5, 5.41) is 0. The number of aryl methyl sites for hydroxylation is 1. The number of ether oxygens (including phenoxy) is 4. The van der Waals surface area contributed by atoms with Crippen molar-refractivity contribution in [3.63, 3.8) is 0 Å². The van der Waals surface area contributed by atoms with Crippen molar-refractivity contribution in [1.82, 2.24) is 0 Å². The number of carbonyl (C=O) groups is 4. The molecular formula is C30H26O8. The van der Waals surface area contributed by atoms with Crippen LogP contribution in [0.5, 0.6) is 23.0 Å². The molecule has 0 fully saturated rings. The third-order valence-electron chi connectivity index (χ3n) is 5.17. The zero-order chi connectivity index (χ0) is 27.5. The Bertz CT molecular complexity index is 1340. The summed E-state index contributed by atoms with van der Waals surface area (Å²) in [5.41, 5.74) is 2.47. The summed E-state index contributed by atoms with van der Waals surface area (Å²) in [7, 11) is 0. The van der Waals surface area contributed by atoms with Crippen LogP contribution in [0.3, 0.4) is 0 Å². The van der Waals surface area contributed by atoms with Crippen LogP contribution < -0.4 is 18.9 Å². The lowest BCUT2D eigenvalue weighted by molar-refractivity contribution is -0.135. The molecule has 8 nitrogen and oxygen atoms in total. The van der Waals surface area contributed by atoms with Gasteiger partial charge in [0.2, 0.25) is 0 Å². The molecule has 3 rings (SSSR count). The zero-order valence-electron chi connectivity index (χ0n) is 20.8. The van der Waals surface area contributed by atoms with Gasteiger partial charge >= 0.3 is 23.9 Å². The van der Waals surface area contributed by atoms with Gasteiger partial charge in [-0.1, -0.05) is 50.4 Å². The lowest BCUT2D eigenvalue weighted by atomic mass is 10.1. The second-order valence-corrected chi connectivity index (χ2v) is 7.88. The number of esters is 4. The largest absolute Gasteiger partial charge is 0.427 e. The van der Waals surface area contributed by atoms with Crippen molar-refractivity contribution in [3.05, 3.63) is 97.6 Å². The van der Waals surface area contributed by atoms with Crippen LogP contribution in [0.2, 0.25) is 0 Å². The highest BCUT2D eigenvalue weighted by molar-refractivity contribution is 5.86. The van der Waals surface area contributed by atoms with Gasteiger partial charge in [-0.15, -0.1) is 0 Å². The molecule has 0 radical (unpaired) electrons. The van der Waals surface area contributed by atoms with Crippen molar-refractivity contribution in [1.29, 1.82) is 0 Å². The quantitative estimate of drug-likeness (QED) is 0.191. The SMILES string of the molecule is C=CC(=O)Oc1ccc(CCC(=O)Oc2ccc(-c3ccc(OC(=O)CC)cc3)cc2)cc1OC(=O)C=C. The van der Waals surface area contributed by atoms with Crippen LogP contribution in [-0.2, 0) is 25.6 Å². The lowest BCUT2D eigenvalue weighted by Gasteiger charge is -2.11. The van der Waals surface area contributed by atoms with E-state index in [2.05, 4.69) is 13.2 Å². The molecule has 0 unspecified atom stereocenters. The van der Waals surface area contributed by atoms with E-state index in [1.54, 1.807) is 37.3 Å². The molecule has 0 N–H and O–H groups in total. The molecule has 38 heavy (non-hydrogen) atoms. The molecule has 0 amide bonds. The monoisotopic (exact) mass is 514 g/mol. The number of hydrogen-bond acceptors (Lipinski definition) is 8. The summed E-state index contributed by atoms with van der Waals surface area (Å²) in [5.74, 6) is -1.27. The van der Waals surface area contributed by atoms with Crippen LogP contribution in [-0.4, -0.2) is 23.9 Å². The molecule has 0 aliphatic carbocycles. The van der Waals surface area contributed by atoms with E-state index in [0.29, 0.717) is 29.9 Å². The predicted molar refractivity (Wildman–Crippen MR) is 140 cm³/mol. The van der Waals surface area contributed by atoms with Crippen molar-refractivity contribution < 1.29 is 38.1 Å². The van der Waals surface area contributed by atoms with Crippen LogP contribution in [0.1, 0.15) is 25.3 Å². The Balaban J connectivity index is 1.59. The summed E-state index contributed by atoms with van der Waals surface area (Å²) >= 11 is 0. The van der Waals surface area contributed by atoms with Crippen LogP contribution in [0.15, 0.2) is 92.0 Å². The van der Waals surface area contributed by atoms with Crippen LogP contribution in [0, 0.1) is 0 Å². The first kappa shape index (κ1) is 27.6. The Morgan fingerprint density at radius 1 is 0.658 bits per heavy atom. The van der Waals surface area contributed by atoms with E-state index in [0.717, 1.165) is 23.3 Å². The number of benzene rings is 3. The average Bonchev–Trinajstić information content (AvgIpc) is 2.93. The van der Waals surface area contributed by atoms with Gasteiger partial charge in [-0.2, -0.15) is 0 Å². The van der Waals surface area contributed by atoms with E-state index in [9.17, 15) is 19.2 Å². The Kier molecular flexibility index (Phi) is 9.71. The molecule has 0 aliphatic rings. The molecule has 0 spiro atoms. The van der Waals surface area contributed by atoms with Crippen LogP contribution in [0.4, 0.5) is 0 Å². The molecule has 0 bridgehead atoms. The van der Waals surface area contributed by atoms with E-state index in [4.69, 9.17) is 18.9 Å².